The molecule has 172 valence electrons. The molecule has 31 heavy (non-hydrogen) atoms. The Balaban J connectivity index is 1.43. The van der Waals surface area contributed by atoms with Gasteiger partial charge in [0, 0.05) is 45.5 Å². The summed E-state index contributed by atoms with van der Waals surface area (Å²) < 4.78 is 33.1. The van der Waals surface area contributed by atoms with Gasteiger partial charge in [0.05, 0.1) is 19.1 Å². The van der Waals surface area contributed by atoms with Crippen LogP contribution in [0.25, 0.3) is 0 Å². The number of likely N-dealkylation sites (tertiary alicyclic amines) is 1. The topological polar surface area (TPSA) is 103 Å². The van der Waals surface area contributed by atoms with Crippen molar-refractivity contribution in [2.75, 3.05) is 52.5 Å². The highest BCUT2D eigenvalue weighted by Gasteiger charge is 2.36. The highest BCUT2D eigenvalue weighted by Crippen LogP contribution is 2.26. The summed E-state index contributed by atoms with van der Waals surface area (Å²) in [6.45, 7) is 6.28. The molecule has 0 spiro atoms. The average Bonchev–Trinajstić information content (AvgIpc) is 3.30. The molecule has 0 saturated carbocycles. The van der Waals surface area contributed by atoms with Crippen LogP contribution in [0.1, 0.15) is 43.1 Å². The van der Waals surface area contributed by atoms with Gasteiger partial charge in [-0.15, -0.1) is 0 Å². The minimum absolute atomic E-state index is 0.00691. The fourth-order valence-electron chi connectivity index (χ4n) is 4.58. The summed E-state index contributed by atoms with van der Waals surface area (Å²) >= 11 is 0. The van der Waals surface area contributed by atoms with Crippen molar-refractivity contribution in [3.8, 4) is 0 Å². The van der Waals surface area contributed by atoms with Crippen LogP contribution in [-0.4, -0.2) is 91.8 Å². The van der Waals surface area contributed by atoms with E-state index in [0.717, 1.165) is 12.8 Å². The van der Waals surface area contributed by atoms with E-state index in [4.69, 9.17) is 4.74 Å². The van der Waals surface area contributed by atoms with Crippen molar-refractivity contribution < 1.29 is 22.7 Å². The maximum absolute atomic E-state index is 13.2. The lowest BCUT2D eigenvalue weighted by Crippen LogP contribution is -2.49. The van der Waals surface area contributed by atoms with Gasteiger partial charge in [-0.2, -0.15) is 4.31 Å². The van der Waals surface area contributed by atoms with E-state index in [2.05, 4.69) is 11.9 Å². The number of amides is 2. The molecule has 1 N–H and O–H groups in total. The highest BCUT2D eigenvalue weighted by atomic mass is 32.2. The van der Waals surface area contributed by atoms with Gasteiger partial charge in [0.25, 0.3) is 5.91 Å². The molecule has 4 rings (SSSR count). The van der Waals surface area contributed by atoms with Crippen molar-refractivity contribution in [1.82, 2.24) is 19.1 Å². The Labute approximate surface area is 183 Å². The molecule has 10 heteroatoms. The number of nitrogens with one attached hydrogen (secondary N) is 1. The van der Waals surface area contributed by atoms with E-state index < -0.39 is 10.0 Å². The Morgan fingerprint density at radius 2 is 1.74 bits per heavy atom. The van der Waals surface area contributed by atoms with E-state index >= 15 is 0 Å². The van der Waals surface area contributed by atoms with Gasteiger partial charge in [-0.1, -0.05) is 6.92 Å². The molecule has 3 aliphatic rings. The fourth-order valence-corrected chi connectivity index (χ4v) is 6.10. The minimum Gasteiger partial charge on any atom is -0.378 e. The zero-order valence-electron chi connectivity index (χ0n) is 18.1. The third-order valence-corrected chi connectivity index (χ3v) is 8.49. The summed E-state index contributed by atoms with van der Waals surface area (Å²) in [7, 11) is -3.78. The molecule has 1 aromatic heterocycles. The number of nitrogens with zero attached hydrogens (tertiary/aromatic N) is 3. The number of aromatic amines is 1. The Morgan fingerprint density at radius 1 is 1.03 bits per heavy atom. The average molecular weight is 453 g/mol. The minimum atomic E-state index is -3.78. The summed E-state index contributed by atoms with van der Waals surface area (Å²) in [5.74, 6) is 0.118. The number of carbonyl (C=O) groups excluding carboxylic acids is 2. The molecule has 1 aromatic rings. The van der Waals surface area contributed by atoms with E-state index in [1.165, 1.54) is 16.6 Å². The second-order valence-corrected chi connectivity index (χ2v) is 10.8. The third-order valence-electron chi connectivity index (χ3n) is 6.65. The van der Waals surface area contributed by atoms with Gasteiger partial charge >= 0.3 is 0 Å². The molecule has 0 unspecified atom stereocenters. The number of piperidine rings is 2. The van der Waals surface area contributed by atoms with Gasteiger partial charge in [-0.3, -0.25) is 9.59 Å². The lowest BCUT2D eigenvalue weighted by Gasteiger charge is -2.35. The largest absolute Gasteiger partial charge is 0.378 e. The number of sulfonamides is 1. The standard InChI is InChI=1S/C21H32N4O5S/c1-16-4-7-23(8-5-16)21(27)19-13-18(14-22-19)31(28,29)25-6-2-3-17(15-25)20(26)24-9-11-30-12-10-24/h13-14,16-17,22H,2-12,15H2,1H3/t17-/m0/s1. The van der Waals surface area contributed by atoms with Crippen LogP contribution < -0.4 is 0 Å². The van der Waals surface area contributed by atoms with Gasteiger partial charge in [0.2, 0.25) is 15.9 Å². The quantitative estimate of drug-likeness (QED) is 0.738. The second-order valence-electron chi connectivity index (χ2n) is 8.86. The van der Waals surface area contributed by atoms with Crippen LogP contribution in [0.2, 0.25) is 0 Å². The number of carbonyl (C=O) groups is 2. The van der Waals surface area contributed by atoms with Gasteiger partial charge in [0.15, 0.2) is 0 Å². The van der Waals surface area contributed by atoms with Crippen LogP contribution in [-0.2, 0) is 19.6 Å². The first kappa shape index (κ1) is 22.3. The first-order valence-electron chi connectivity index (χ1n) is 11.2. The van der Waals surface area contributed by atoms with E-state index in [1.807, 2.05) is 0 Å². The molecule has 0 radical (unpaired) electrons. The number of hydrogen-bond acceptors (Lipinski definition) is 5. The van der Waals surface area contributed by atoms with Crippen molar-refractivity contribution >= 4 is 21.8 Å². The summed E-state index contributed by atoms with van der Waals surface area (Å²) in [5, 5.41) is 0. The third kappa shape index (κ3) is 4.80. The zero-order chi connectivity index (χ0) is 22.0. The van der Waals surface area contributed by atoms with Crippen molar-refractivity contribution in [3.63, 3.8) is 0 Å². The molecule has 3 saturated heterocycles. The molecule has 0 bridgehead atoms. The summed E-state index contributed by atoms with van der Waals surface area (Å²) in [4.78, 5) is 32.1. The van der Waals surface area contributed by atoms with Crippen molar-refractivity contribution in [3.05, 3.63) is 18.0 Å². The number of aromatic nitrogens is 1. The SMILES string of the molecule is CC1CCN(C(=O)c2cc(S(=O)(=O)N3CCC[C@H](C(=O)N4CCOCC4)C3)c[nH]2)CC1. The summed E-state index contributed by atoms with van der Waals surface area (Å²) in [6, 6.07) is 1.43. The monoisotopic (exact) mass is 452 g/mol. The van der Waals surface area contributed by atoms with Crippen molar-refractivity contribution in [2.45, 2.75) is 37.5 Å². The maximum Gasteiger partial charge on any atom is 0.270 e. The van der Waals surface area contributed by atoms with Gasteiger partial charge in [0.1, 0.15) is 10.6 Å². The first-order valence-corrected chi connectivity index (χ1v) is 12.6. The number of rotatable bonds is 4. The lowest BCUT2D eigenvalue weighted by molar-refractivity contribution is -0.140. The molecule has 4 heterocycles. The molecule has 1 atom stereocenters. The number of H-pyrrole nitrogens is 1. The highest BCUT2D eigenvalue weighted by molar-refractivity contribution is 7.89. The van der Waals surface area contributed by atoms with Crippen molar-refractivity contribution in [1.29, 1.82) is 0 Å². The molecule has 0 aliphatic carbocycles. The van der Waals surface area contributed by atoms with Gasteiger partial charge in [-0.05, 0) is 37.7 Å². The molecule has 9 nitrogen and oxygen atoms in total. The van der Waals surface area contributed by atoms with Crippen LogP contribution in [0, 0.1) is 11.8 Å². The fraction of sp³-hybridized carbons (Fsp3) is 0.714. The van der Waals surface area contributed by atoms with E-state index in [0.29, 0.717) is 70.4 Å². The van der Waals surface area contributed by atoms with Crippen LogP contribution in [0.3, 0.4) is 0 Å². The predicted octanol–water partition coefficient (Wildman–Crippen LogP) is 1.15. The molecular weight excluding hydrogens is 420 g/mol. The van der Waals surface area contributed by atoms with E-state index in [9.17, 15) is 18.0 Å². The van der Waals surface area contributed by atoms with Crippen molar-refractivity contribution in [2.24, 2.45) is 11.8 Å². The summed E-state index contributed by atoms with van der Waals surface area (Å²) in [6.07, 6.45) is 4.64. The normalized spacial score (nSPS) is 24.4. The van der Waals surface area contributed by atoms with Gasteiger partial charge in [-0.25, -0.2) is 8.42 Å². The van der Waals surface area contributed by atoms with Gasteiger partial charge < -0.3 is 19.5 Å². The second kappa shape index (κ2) is 9.30. The molecule has 2 amide bonds. The lowest BCUT2D eigenvalue weighted by atomic mass is 9.98. The number of hydrogen-bond donors (Lipinski definition) is 1. The number of morpholine rings is 1. The Kier molecular flexibility index (Phi) is 6.68. The Hall–Kier alpha value is -1.91. The summed E-state index contributed by atoms with van der Waals surface area (Å²) in [5.41, 5.74) is 0.297. The Morgan fingerprint density at radius 3 is 2.45 bits per heavy atom. The maximum atomic E-state index is 13.2. The first-order chi connectivity index (χ1) is 14.9. The van der Waals surface area contributed by atoms with E-state index in [-0.39, 0.29) is 29.2 Å². The molecular formula is C21H32N4O5S. The van der Waals surface area contributed by atoms with Crippen LogP contribution in [0.5, 0.6) is 0 Å². The number of ether oxygens (including phenoxy) is 1. The smallest absolute Gasteiger partial charge is 0.270 e. The Bertz CT molecular complexity index is 901. The molecule has 0 aromatic carbocycles. The molecule has 3 aliphatic heterocycles. The zero-order valence-corrected chi connectivity index (χ0v) is 18.9. The van der Waals surface area contributed by atoms with Crippen LogP contribution in [0.4, 0.5) is 0 Å². The van der Waals surface area contributed by atoms with E-state index in [1.54, 1.807) is 9.80 Å². The van der Waals surface area contributed by atoms with Crippen LogP contribution >= 0.6 is 0 Å². The molecule has 3 fully saturated rings. The predicted molar refractivity (Wildman–Crippen MR) is 114 cm³/mol. The van der Waals surface area contributed by atoms with Crippen LogP contribution in [0.15, 0.2) is 17.2 Å².